The third-order valence-corrected chi connectivity index (χ3v) is 8.41. The summed E-state index contributed by atoms with van der Waals surface area (Å²) in [6.45, 7) is 4.19. The number of halogens is 1. The van der Waals surface area contributed by atoms with Crippen molar-refractivity contribution >= 4 is 29.3 Å². The second kappa shape index (κ2) is 10.9. The molecule has 2 aromatic carbocycles. The molecule has 31 heavy (non-hydrogen) atoms. The first-order valence-corrected chi connectivity index (χ1v) is 13.0. The van der Waals surface area contributed by atoms with Gasteiger partial charge in [-0.05, 0) is 86.5 Å². The molecule has 4 rings (SSSR count). The van der Waals surface area contributed by atoms with E-state index in [1.807, 2.05) is 30.0 Å². The van der Waals surface area contributed by atoms with Gasteiger partial charge in [0.15, 0.2) is 0 Å². The van der Waals surface area contributed by atoms with Gasteiger partial charge in [-0.1, -0.05) is 49.1 Å². The van der Waals surface area contributed by atoms with Crippen LogP contribution in [-0.2, 0) is 18.6 Å². The number of carbonyl (C=O) groups is 1. The summed E-state index contributed by atoms with van der Waals surface area (Å²) >= 11 is 8.37. The van der Waals surface area contributed by atoms with Crippen molar-refractivity contribution < 1.29 is 4.79 Å². The molecule has 0 spiro atoms. The third kappa shape index (κ3) is 5.85. The lowest BCUT2D eigenvalue weighted by atomic mass is 9.84. The minimum Gasteiger partial charge on any atom is -0.349 e. The summed E-state index contributed by atoms with van der Waals surface area (Å²) in [7, 11) is 0. The van der Waals surface area contributed by atoms with Crippen LogP contribution >= 0.6 is 23.4 Å². The quantitative estimate of drug-likeness (QED) is 0.522. The van der Waals surface area contributed by atoms with Gasteiger partial charge < -0.3 is 10.6 Å². The van der Waals surface area contributed by atoms with E-state index in [1.165, 1.54) is 53.7 Å². The lowest BCUT2D eigenvalue weighted by molar-refractivity contribution is 0.0919. The van der Waals surface area contributed by atoms with Gasteiger partial charge in [-0.15, -0.1) is 11.8 Å². The van der Waals surface area contributed by atoms with Crippen LogP contribution in [-0.4, -0.2) is 25.0 Å². The largest absolute Gasteiger partial charge is 0.349 e. The maximum Gasteiger partial charge on any atom is 0.251 e. The van der Waals surface area contributed by atoms with Crippen LogP contribution in [0.4, 0.5) is 0 Å². The second-order valence-corrected chi connectivity index (χ2v) is 10.3. The highest BCUT2D eigenvalue weighted by Crippen LogP contribution is 2.36. The minimum atomic E-state index is 0.0428. The van der Waals surface area contributed by atoms with Crippen LogP contribution in [0.1, 0.15) is 66.1 Å². The van der Waals surface area contributed by atoms with E-state index < -0.39 is 0 Å². The van der Waals surface area contributed by atoms with Crippen LogP contribution in [0.25, 0.3) is 0 Å². The van der Waals surface area contributed by atoms with Crippen molar-refractivity contribution in [1.29, 1.82) is 0 Å². The lowest BCUT2D eigenvalue weighted by Crippen LogP contribution is -2.38. The average Bonchev–Trinajstić information content (AvgIpc) is 3.05. The Balaban J connectivity index is 1.36. The summed E-state index contributed by atoms with van der Waals surface area (Å²) in [6.07, 6.45) is 8.48. The highest BCUT2D eigenvalue weighted by atomic mass is 35.5. The summed E-state index contributed by atoms with van der Waals surface area (Å²) in [5.41, 5.74) is 4.77. The van der Waals surface area contributed by atoms with E-state index in [1.54, 1.807) is 0 Å². The Hall–Kier alpha value is -1.49. The van der Waals surface area contributed by atoms with E-state index in [-0.39, 0.29) is 11.9 Å². The second-order valence-electron chi connectivity index (χ2n) is 8.91. The van der Waals surface area contributed by atoms with Crippen molar-refractivity contribution in [2.45, 2.75) is 68.6 Å². The van der Waals surface area contributed by atoms with Crippen molar-refractivity contribution in [2.75, 3.05) is 13.1 Å². The fraction of sp³-hybridized carbons (Fsp3) is 0.500. The fourth-order valence-electron chi connectivity index (χ4n) is 4.82. The van der Waals surface area contributed by atoms with Crippen molar-refractivity contribution in [3.8, 4) is 0 Å². The number of hydrogen-bond donors (Lipinski definition) is 2. The molecular formula is C26H33ClN2OS. The van der Waals surface area contributed by atoms with E-state index in [0.29, 0.717) is 5.92 Å². The SMILES string of the molecule is C[C@H](NC(=O)c1ccc(CSc2c(Cl)ccc3c2CCNCC3)cc1)C1CCCCC1. The van der Waals surface area contributed by atoms with Gasteiger partial charge in [0, 0.05) is 22.3 Å². The Bertz CT molecular complexity index is 893. The van der Waals surface area contributed by atoms with Crippen molar-refractivity contribution in [1.82, 2.24) is 10.6 Å². The topological polar surface area (TPSA) is 41.1 Å². The highest BCUT2D eigenvalue weighted by molar-refractivity contribution is 7.98. The molecule has 2 aromatic rings. The van der Waals surface area contributed by atoms with Gasteiger partial charge >= 0.3 is 0 Å². The molecule has 0 bridgehead atoms. The number of hydrogen-bond acceptors (Lipinski definition) is 3. The number of thioether (sulfide) groups is 1. The van der Waals surface area contributed by atoms with Gasteiger partial charge in [0.25, 0.3) is 5.91 Å². The zero-order valence-electron chi connectivity index (χ0n) is 18.4. The number of carbonyl (C=O) groups excluding carboxylic acids is 1. The van der Waals surface area contributed by atoms with Gasteiger partial charge in [-0.25, -0.2) is 0 Å². The minimum absolute atomic E-state index is 0.0428. The maximum absolute atomic E-state index is 12.7. The molecule has 166 valence electrons. The van der Waals surface area contributed by atoms with E-state index in [2.05, 4.69) is 35.8 Å². The van der Waals surface area contributed by atoms with Gasteiger partial charge in [0.1, 0.15) is 0 Å². The highest BCUT2D eigenvalue weighted by Gasteiger charge is 2.22. The van der Waals surface area contributed by atoms with E-state index in [4.69, 9.17) is 11.6 Å². The normalized spacial score (nSPS) is 18.1. The van der Waals surface area contributed by atoms with E-state index in [0.717, 1.165) is 42.3 Å². The van der Waals surface area contributed by atoms with Gasteiger partial charge in [0.2, 0.25) is 0 Å². The maximum atomic E-state index is 12.7. The summed E-state index contributed by atoms with van der Waals surface area (Å²) in [5, 5.41) is 7.54. The molecule has 2 N–H and O–H groups in total. The Morgan fingerprint density at radius 3 is 2.61 bits per heavy atom. The predicted octanol–water partition coefficient (Wildman–Crippen LogP) is 6.02. The molecule has 0 radical (unpaired) electrons. The Morgan fingerprint density at radius 1 is 1.10 bits per heavy atom. The fourth-order valence-corrected chi connectivity index (χ4v) is 6.27. The standard InChI is InChI=1S/C26H33ClN2OS/c1-18(20-5-3-2-4-6-20)29-26(30)22-9-7-19(8-10-22)17-31-25-23-14-16-28-15-13-21(23)11-12-24(25)27/h7-12,18,20,28H,2-6,13-17H2,1H3,(H,29,30)/t18-/m0/s1. The average molecular weight is 457 g/mol. The van der Waals surface area contributed by atoms with Crippen LogP contribution in [0.3, 0.4) is 0 Å². The number of benzene rings is 2. The monoisotopic (exact) mass is 456 g/mol. The first-order valence-electron chi connectivity index (χ1n) is 11.7. The molecule has 1 fully saturated rings. The zero-order chi connectivity index (χ0) is 21.6. The van der Waals surface area contributed by atoms with Crippen LogP contribution in [0, 0.1) is 5.92 Å². The number of fused-ring (bicyclic) bond motifs is 1. The summed E-state index contributed by atoms with van der Waals surface area (Å²) in [6, 6.07) is 12.5. The smallest absolute Gasteiger partial charge is 0.251 e. The summed E-state index contributed by atoms with van der Waals surface area (Å²) in [4.78, 5) is 13.9. The van der Waals surface area contributed by atoms with Crippen LogP contribution in [0.15, 0.2) is 41.3 Å². The van der Waals surface area contributed by atoms with Crippen molar-refractivity contribution in [3.05, 3.63) is 63.7 Å². The van der Waals surface area contributed by atoms with Crippen LogP contribution in [0.5, 0.6) is 0 Å². The Labute approximate surface area is 195 Å². The van der Waals surface area contributed by atoms with Crippen LogP contribution < -0.4 is 10.6 Å². The van der Waals surface area contributed by atoms with Gasteiger partial charge in [-0.3, -0.25) is 4.79 Å². The molecular weight excluding hydrogens is 424 g/mol. The van der Waals surface area contributed by atoms with Crippen molar-refractivity contribution in [3.63, 3.8) is 0 Å². The Morgan fingerprint density at radius 2 is 1.84 bits per heavy atom. The third-order valence-electron chi connectivity index (χ3n) is 6.75. The molecule has 1 aliphatic heterocycles. The number of nitrogens with one attached hydrogen (secondary N) is 2. The Kier molecular flexibility index (Phi) is 7.97. The summed E-state index contributed by atoms with van der Waals surface area (Å²) in [5.74, 6) is 1.51. The number of amides is 1. The molecule has 2 aliphatic rings. The van der Waals surface area contributed by atoms with Gasteiger partial charge in [0.05, 0.1) is 5.02 Å². The molecule has 1 atom stereocenters. The zero-order valence-corrected chi connectivity index (χ0v) is 20.0. The van der Waals surface area contributed by atoms with E-state index >= 15 is 0 Å². The van der Waals surface area contributed by atoms with E-state index in [9.17, 15) is 4.79 Å². The molecule has 1 saturated carbocycles. The molecule has 0 aromatic heterocycles. The molecule has 0 saturated heterocycles. The first-order chi connectivity index (χ1) is 15.1. The number of rotatable bonds is 6. The molecule has 3 nitrogen and oxygen atoms in total. The van der Waals surface area contributed by atoms with Crippen molar-refractivity contribution in [2.24, 2.45) is 5.92 Å². The molecule has 1 aliphatic carbocycles. The molecule has 1 heterocycles. The molecule has 1 amide bonds. The lowest BCUT2D eigenvalue weighted by Gasteiger charge is -2.28. The predicted molar refractivity (Wildman–Crippen MR) is 131 cm³/mol. The summed E-state index contributed by atoms with van der Waals surface area (Å²) < 4.78 is 0. The molecule has 0 unspecified atom stereocenters. The molecule has 5 heteroatoms. The first kappa shape index (κ1) is 22.7. The van der Waals surface area contributed by atoms with Gasteiger partial charge in [-0.2, -0.15) is 0 Å². The van der Waals surface area contributed by atoms with Crippen LogP contribution in [0.2, 0.25) is 5.02 Å².